The van der Waals surface area contributed by atoms with Gasteiger partial charge in [-0.2, -0.15) is 0 Å². The van der Waals surface area contributed by atoms with E-state index in [1.807, 2.05) is 56.4 Å². The van der Waals surface area contributed by atoms with Gasteiger partial charge in [0.05, 0.1) is 50.5 Å². The molecule has 5 aliphatic rings. The van der Waals surface area contributed by atoms with Crippen LogP contribution in [0.1, 0.15) is 37.3 Å². The van der Waals surface area contributed by atoms with E-state index in [1.54, 1.807) is 20.8 Å². The second-order valence-electron chi connectivity index (χ2n) is 13.9. The molecule has 0 aromatic heterocycles. The maximum absolute atomic E-state index is 14.9. The summed E-state index contributed by atoms with van der Waals surface area (Å²) >= 11 is 0. The van der Waals surface area contributed by atoms with E-state index in [0.29, 0.717) is 48.9 Å². The van der Waals surface area contributed by atoms with Gasteiger partial charge in [-0.3, -0.25) is 19.4 Å². The zero-order valence-corrected chi connectivity index (χ0v) is 28.5. The van der Waals surface area contributed by atoms with Crippen molar-refractivity contribution in [3.8, 4) is 0 Å². The smallest absolute Gasteiger partial charge is 0.414 e. The lowest BCUT2D eigenvalue weighted by molar-refractivity contribution is -0.150. The van der Waals surface area contributed by atoms with E-state index < -0.39 is 43.7 Å². The summed E-state index contributed by atoms with van der Waals surface area (Å²) in [5.74, 6) is -0.970. The van der Waals surface area contributed by atoms with Crippen molar-refractivity contribution in [2.45, 2.75) is 69.1 Å². The lowest BCUT2D eigenvalue weighted by atomic mass is 9.82. The van der Waals surface area contributed by atoms with Gasteiger partial charge in [0.2, 0.25) is 5.91 Å². The first kappa shape index (κ1) is 32.6. The highest BCUT2D eigenvalue weighted by atomic mass is 28.4. The first-order chi connectivity index (χ1) is 22.9. The van der Waals surface area contributed by atoms with Gasteiger partial charge in [0.1, 0.15) is 13.2 Å². The normalized spacial score (nSPS) is 28.6. The van der Waals surface area contributed by atoms with Crippen LogP contribution in [-0.4, -0.2) is 98.7 Å². The molecule has 2 N–H and O–H groups in total. The SMILES string of the molecule is C[C@@H]1[C@@H]([Si](C)(C)O)[C@H](CC(=O)N2CCC[C@H]2CO)O[C@@]12C(=O)N(Cc1ccc(N3CCOC3=O)cc1)c1ccc(N3CCOC3=O)cc12. The number of nitrogens with zero attached hydrogens (tertiary/aromatic N) is 4. The van der Waals surface area contributed by atoms with E-state index in [1.165, 1.54) is 4.90 Å². The Bertz CT molecular complexity index is 1630. The van der Waals surface area contributed by atoms with Gasteiger partial charge >= 0.3 is 12.2 Å². The van der Waals surface area contributed by atoms with Crippen molar-refractivity contribution in [2.75, 3.05) is 54.2 Å². The highest BCUT2D eigenvalue weighted by Gasteiger charge is 2.66. The summed E-state index contributed by atoms with van der Waals surface area (Å²) < 4.78 is 17.2. The average Bonchev–Trinajstić information content (AvgIpc) is 3.88. The Kier molecular flexibility index (Phi) is 8.25. The maximum Gasteiger partial charge on any atom is 0.414 e. The molecule has 1 spiro atoms. The second-order valence-corrected chi connectivity index (χ2v) is 17.9. The second kappa shape index (κ2) is 12.2. The monoisotopic (exact) mass is 678 g/mol. The molecule has 5 heterocycles. The van der Waals surface area contributed by atoms with Crippen LogP contribution in [0.15, 0.2) is 42.5 Å². The van der Waals surface area contributed by atoms with Crippen LogP contribution in [0.3, 0.4) is 0 Å². The van der Waals surface area contributed by atoms with Gasteiger partial charge in [-0.25, -0.2) is 9.59 Å². The fraction of sp³-hybridized carbons (Fsp3) is 0.529. The van der Waals surface area contributed by atoms with Crippen LogP contribution < -0.4 is 14.7 Å². The highest BCUT2D eigenvalue weighted by molar-refractivity contribution is 6.71. The van der Waals surface area contributed by atoms with Crippen LogP contribution in [0.25, 0.3) is 0 Å². The number of aliphatic hydroxyl groups is 1. The molecule has 0 radical (unpaired) electrons. The number of amides is 4. The molecule has 256 valence electrons. The number of cyclic esters (lactones) is 2. The Labute approximate surface area is 280 Å². The maximum atomic E-state index is 14.9. The molecule has 4 fully saturated rings. The zero-order chi connectivity index (χ0) is 34.0. The van der Waals surface area contributed by atoms with Crippen molar-refractivity contribution in [1.29, 1.82) is 0 Å². The predicted octanol–water partition coefficient (Wildman–Crippen LogP) is 3.32. The molecule has 2 aromatic carbocycles. The van der Waals surface area contributed by atoms with Crippen LogP contribution in [0, 0.1) is 5.92 Å². The van der Waals surface area contributed by atoms with Gasteiger partial charge in [0, 0.05) is 34.9 Å². The van der Waals surface area contributed by atoms with Crippen molar-refractivity contribution < 1.29 is 43.3 Å². The molecule has 48 heavy (non-hydrogen) atoms. The fourth-order valence-electron chi connectivity index (χ4n) is 8.45. The number of benzene rings is 2. The Morgan fingerprint density at radius 1 is 0.958 bits per heavy atom. The van der Waals surface area contributed by atoms with E-state index in [9.17, 15) is 29.1 Å². The summed E-state index contributed by atoms with van der Waals surface area (Å²) in [7, 11) is -3.04. The zero-order valence-electron chi connectivity index (χ0n) is 27.5. The van der Waals surface area contributed by atoms with Crippen molar-refractivity contribution in [2.24, 2.45) is 5.92 Å². The van der Waals surface area contributed by atoms with E-state index >= 15 is 0 Å². The number of carbonyl (C=O) groups excluding carboxylic acids is 4. The third-order valence-corrected chi connectivity index (χ3v) is 13.2. The quantitative estimate of drug-likeness (QED) is 0.401. The average molecular weight is 679 g/mol. The Hall–Kier alpha value is -3.98. The fourth-order valence-corrected chi connectivity index (χ4v) is 11.0. The molecule has 0 saturated carbocycles. The first-order valence-corrected chi connectivity index (χ1v) is 19.7. The van der Waals surface area contributed by atoms with Gasteiger partial charge in [-0.05, 0) is 61.8 Å². The molecule has 2 aromatic rings. The summed E-state index contributed by atoms with van der Waals surface area (Å²) in [4.78, 5) is 71.4. The lowest BCUT2D eigenvalue weighted by Gasteiger charge is -2.33. The van der Waals surface area contributed by atoms with Gasteiger partial charge < -0.3 is 33.9 Å². The number of ether oxygens (including phenoxy) is 3. The van der Waals surface area contributed by atoms with Crippen LogP contribution >= 0.6 is 0 Å². The highest BCUT2D eigenvalue weighted by Crippen LogP contribution is 2.60. The molecule has 7 rings (SSSR count). The minimum Gasteiger partial charge on any atom is -0.447 e. The third-order valence-electron chi connectivity index (χ3n) is 10.7. The van der Waals surface area contributed by atoms with Gasteiger partial charge in [0.25, 0.3) is 5.91 Å². The number of aliphatic hydroxyl groups excluding tert-OH is 1. The largest absolute Gasteiger partial charge is 0.447 e. The minimum atomic E-state index is -3.04. The summed E-state index contributed by atoms with van der Waals surface area (Å²) in [5, 5.41) is 9.88. The van der Waals surface area contributed by atoms with Crippen LogP contribution in [-0.2, 0) is 35.9 Å². The van der Waals surface area contributed by atoms with Crippen molar-refractivity contribution >= 4 is 49.4 Å². The van der Waals surface area contributed by atoms with Gasteiger partial charge in [0.15, 0.2) is 13.9 Å². The van der Waals surface area contributed by atoms with Crippen molar-refractivity contribution in [1.82, 2.24) is 4.90 Å². The van der Waals surface area contributed by atoms with Crippen LogP contribution in [0.4, 0.5) is 26.7 Å². The Morgan fingerprint density at radius 2 is 1.60 bits per heavy atom. The molecule has 0 bridgehead atoms. The third kappa shape index (κ3) is 5.25. The number of hydrogen-bond acceptors (Lipinski definition) is 9. The van der Waals surface area contributed by atoms with Crippen LogP contribution in [0.5, 0.6) is 0 Å². The Morgan fingerprint density at radius 3 is 2.21 bits per heavy atom. The number of rotatable bonds is 8. The molecule has 14 heteroatoms. The molecule has 5 atom stereocenters. The molecule has 0 aliphatic carbocycles. The lowest BCUT2D eigenvalue weighted by Crippen LogP contribution is -2.46. The predicted molar refractivity (Wildman–Crippen MR) is 177 cm³/mol. The number of fused-ring (bicyclic) bond motifs is 2. The molecule has 4 amide bonds. The van der Waals surface area contributed by atoms with Gasteiger partial charge in [-0.15, -0.1) is 0 Å². The van der Waals surface area contributed by atoms with E-state index in [2.05, 4.69) is 0 Å². The number of carbonyl (C=O) groups is 4. The standard InChI is InChI=1S/C34H42N4O9Si/c1-21-30(48(2,3)44)28(18-29(40)35-12-4-5-25(35)20-39)47-34(21)26-17-24(37-14-16-46-33(37)43)10-11-27(26)38(31(34)41)19-22-6-8-23(9-7-22)36-13-15-45-32(36)42/h6-11,17,21,25,28,30,39,44H,4-5,12-16,18-20H2,1-3H3/t21-,25+,28+,30-,34+/m1/s1. The van der Waals surface area contributed by atoms with Crippen molar-refractivity contribution in [3.05, 3.63) is 53.6 Å². The molecule has 4 saturated heterocycles. The minimum absolute atomic E-state index is 0.0224. The summed E-state index contributed by atoms with van der Waals surface area (Å²) in [6.07, 6.45) is -0.0991. The topological polar surface area (TPSA) is 149 Å². The van der Waals surface area contributed by atoms with E-state index in [4.69, 9.17) is 14.2 Å². The number of hydrogen-bond donors (Lipinski definition) is 2. The molecular formula is C34H42N4O9Si. The number of likely N-dealkylation sites (tertiary alicyclic amines) is 1. The summed E-state index contributed by atoms with van der Waals surface area (Å²) in [5.41, 5.74) is 1.32. The Balaban J connectivity index is 1.26. The van der Waals surface area contributed by atoms with Crippen LogP contribution in [0.2, 0.25) is 18.6 Å². The molecule has 0 unspecified atom stereocenters. The molecular weight excluding hydrogens is 636 g/mol. The van der Waals surface area contributed by atoms with E-state index in [0.717, 1.165) is 18.4 Å². The molecule has 5 aliphatic heterocycles. The number of anilines is 3. The molecule has 13 nitrogen and oxygen atoms in total. The summed E-state index contributed by atoms with van der Waals surface area (Å²) in [6, 6.07) is 12.6. The van der Waals surface area contributed by atoms with Crippen molar-refractivity contribution in [3.63, 3.8) is 0 Å². The summed E-state index contributed by atoms with van der Waals surface area (Å²) in [6.45, 7) is 7.60. The van der Waals surface area contributed by atoms with Gasteiger partial charge in [-0.1, -0.05) is 19.1 Å². The first-order valence-electron chi connectivity index (χ1n) is 16.7. The van der Waals surface area contributed by atoms with E-state index in [-0.39, 0.29) is 44.0 Å².